The second-order valence-electron chi connectivity index (χ2n) is 7.83. The molecular formula is C21H36O6. The predicted octanol–water partition coefficient (Wildman–Crippen LogP) is 4.12. The molecule has 156 valence electrons. The highest BCUT2D eigenvalue weighted by molar-refractivity contribution is 5.69. The van der Waals surface area contributed by atoms with Crippen LogP contribution in [0.25, 0.3) is 0 Å². The Morgan fingerprint density at radius 3 is 2.81 bits per heavy atom. The van der Waals surface area contributed by atoms with Gasteiger partial charge in [-0.1, -0.05) is 44.8 Å². The number of carbonyl (C=O) groups excluding carboxylic acids is 1. The van der Waals surface area contributed by atoms with E-state index in [2.05, 4.69) is 6.92 Å². The summed E-state index contributed by atoms with van der Waals surface area (Å²) >= 11 is 0. The molecule has 1 saturated heterocycles. The molecule has 0 aliphatic carbocycles. The van der Waals surface area contributed by atoms with Gasteiger partial charge in [-0.05, 0) is 26.7 Å². The molecule has 6 heteroatoms. The number of fused-ring (bicyclic) bond motifs is 1. The van der Waals surface area contributed by atoms with Gasteiger partial charge in [0, 0.05) is 20.0 Å². The maximum Gasteiger partial charge on any atom is 0.306 e. The summed E-state index contributed by atoms with van der Waals surface area (Å²) in [5.74, 6) is -0.831. The molecule has 0 N–H and O–H groups in total. The molecule has 0 aromatic heterocycles. The summed E-state index contributed by atoms with van der Waals surface area (Å²) in [4.78, 5) is 12.4. The van der Waals surface area contributed by atoms with Crippen molar-refractivity contribution in [3.8, 4) is 0 Å². The molecule has 0 radical (unpaired) electrons. The highest BCUT2D eigenvalue weighted by atomic mass is 16.7. The van der Waals surface area contributed by atoms with E-state index in [4.69, 9.17) is 23.7 Å². The minimum absolute atomic E-state index is 0.116. The van der Waals surface area contributed by atoms with Crippen LogP contribution in [0.4, 0.5) is 0 Å². The lowest BCUT2D eigenvalue weighted by Gasteiger charge is -2.27. The molecule has 2 heterocycles. The van der Waals surface area contributed by atoms with Gasteiger partial charge in [0.25, 0.3) is 0 Å². The SMILES string of the molecule is CCCCCC[C@H](OCOC)[C@@H]1CC=C[C@H]2OC(C)(C)O[C@@H]2CCC(=O)O1. The van der Waals surface area contributed by atoms with E-state index in [1.54, 1.807) is 7.11 Å². The molecule has 27 heavy (non-hydrogen) atoms. The molecular weight excluding hydrogens is 348 g/mol. The Kier molecular flexibility index (Phi) is 9.22. The van der Waals surface area contributed by atoms with Crippen molar-refractivity contribution in [1.29, 1.82) is 0 Å². The first-order valence-electron chi connectivity index (χ1n) is 10.3. The topological polar surface area (TPSA) is 63.2 Å². The monoisotopic (exact) mass is 384 g/mol. The zero-order valence-corrected chi connectivity index (χ0v) is 17.3. The van der Waals surface area contributed by atoms with Gasteiger partial charge in [0.1, 0.15) is 19.0 Å². The molecule has 0 unspecified atom stereocenters. The summed E-state index contributed by atoms with van der Waals surface area (Å²) in [6.45, 7) is 6.20. The third kappa shape index (κ3) is 7.53. The average Bonchev–Trinajstić information content (AvgIpc) is 2.92. The van der Waals surface area contributed by atoms with Gasteiger partial charge in [0.2, 0.25) is 0 Å². The Morgan fingerprint density at radius 2 is 2.07 bits per heavy atom. The van der Waals surface area contributed by atoms with Crippen molar-refractivity contribution in [2.24, 2.45) is 0 Å². The van der Waals surface area contributed by atoms with Crippen LogP contribution in [0.2, 0.25) is 0 Å². The van der Waals surface area contributed by atoms with Crippen LogP contribution in [0, 0.1) is 0 Å². The summed E-state index contributed by atoms with van der Waals surface area (Å²) in [5.41, 5.74) is 0. The van der Waals surface area contributed by atoms with E-state index in [9.17, 15) is 4.79 Å². The molecule has 0 aromatic rings. The normalized spacial score (nSPS) is 29.2. The van der Waals surface area contributed by atoms with Crippen molar-refractivity contribution in [2.75, 3.05) is 13.9 Å². The third-order valence-electron chi connectivity index (χ3n) is 4.99. The van der Waals surface area contributed by atoms with Gasteiger partial charge in [0.15, 0.2) is 5.79 Å². The van der Waals surface area contributed by atoms with Gasteiger partial charge in [-0.15, -0.1) is 0 Å². The van der Waals surface area contributed by atoms with Crippen molar-refractivity contribution in [3.63, 3.8) is 0 Å². The van der Waals surface area contributed by atoms with E-state index in [1.165, 1.54) is 12.8 Å². The maximum absolute atomic E-state index is 12.4. The number of methoxy groups -OCH3 is 1. The lowest BCUT2D eigenvalue weighted by molar-refractivity contribution is -0.167. The lowest BCUT2D eigenvalue weighted by Crippen LogP contribution is -2.35. The van der Waals surface area contributed by atoms with Crippen molar-refractivity contribution in [3.05, 3.63) is 12.2 Å². The van der Waals surface area contributed by atoms with E-state index in [1.807, 2.05) is 26.0 Å². The van der Waals surface area contributed by atoms with Crippen molar-refractivity contribution in [1.82, 2.24) is 0 Å². The quantitative estimate of drug-likeness (QED) is 0.258. The summed E-state index contributed by atoms with van der Waals surface area (Å²) in [6, 6.07) is 0. The summed E-state index contributed by atoms with van der Waals surface area (Å²) in [5, 5.41) is 0. The second kappa shape index (κ2) is 11.1. The fourth-order valence-corrected chi connectivity index (χ4v) is 3.66. The summed E-state index contributed by atoms with van der Waals surface area (Å²) in [6.07, 6.45) is 10.3. The fourth-order valence-electron chi connectivity index (χ4n) is 3.66. The molecule has 0 spiro atoms. The van der Waals surface area contributed by atoms with E-state index in [0.29, 0.717) is 19.3 Å². The highest BCUT2D eigenvalue weighted by Gasteiger charge is 2.40. The Bertz CT molecular complexity index is 475. The van der Waals surface area contributed by atoms with Gasteiger partial charge < -0.3 is 23.7 Å². The van der Waals surface area contributed by atoms with Crippen LogP contribution in [0.15, 0.2) is 12.2 Å². The number of hydrogen-bond donors (Lipinski definition) is 0. The number of hydrogen-bond acceptors (Lipinski definition) is 6. The number of rotatable bonds is 9. The van der Waals surface area contributed by atoms with E-state index in [-0.39, 0.29) is 37.2 Å². The minimum atomic E-state index is -0.625. The van der Waals surface area contributed by atoms with Crippen LogP contribution in [-0.4, -0.2) is 50.1 Å². The zero-order valence-electron chi connectivity index (χ0n) is 17.3. The fraction of sp³-hybridized carbons (Fsp3) is 0.857. The van der Waals surface area contributed by atoms with E-state index in [0.717, 1.165) is 19.3 Å². The molecule has 2 aliphatic rings. The largest absolute Gasteiger partial charge is 0.459 e. The predicted molar refractivity (Wildman–Crippen MR) is 102 cm³/mol. The smallest absolute Gasteiger partial charge is 0.306 e. The number of unbranched alkanes of at least 4 members (excludes halogenated alkanes) is 3. The Morgan fingerprint density at radius 1 is 1.26 bits per heavy atom. The van der Waals surface area contributed by atoms with Crippen LogP contribution >= 0.6 is 0 Å². The molecule has 6 nitrogen and oxygen atoms in total. The number of cyclic esters (lactones) is 1. The van der Waals surface area contributed by atoms with Gasteiger partial charge in [-0.3, -0.25) is 4.79 Å². The van der Waals surface area contributed by atoms with Crippen LogP contribution < -0.4 is 0 Å². The van der Waals surface area contributed by atoms with E-state index >= 15 is 0 Å². The molecule has 0 bridgehead atoms. The molecule has 0 saturated carbocycles. The summed E-state index contributed by atoms with van der Waals surface area (Å²) < 4.78 is 28.6. The molecule has 0 amide bonds. The van der Waals surface area contributed by atoms with Gasteiger partial charge in [0.05, 0.1) is 12.2 Å². The van der Waals surface area contributed by atoms with Crippen LogP contribution in [-0.2, 0) is 28.5 Å². The van der Waals surface area contributed by atoms with Gasteiger partial charge >= 0.3 is 5.97 Å². The first kappa shape index (κ1) is 22.3. The van der Waals surface area contributed by atoms with Gasteiger partial charge in [-0.25, -0.2) is 0 Å². The standard InChI is InChI=1S/C21H36O6/c1-5-6-7-8-10-16(24-15-23-4)17-11-9-12-18-19(13-14-20(22)25-17)27-21(2,3)26-18/h9,12,16-19H,5-8,10-11,13-15H2,1-4H3/t16-,17-,18+,19+/m0/s1. The van der Waals surface area contributed by atoms with Crippen LogP contribution in [0.1, 0.15) is 72.1 Å². The zero-order chi connectivity index (χ0) is 19.7. The van der Waals surface area contributed by atoms with Crippen molar-refractivity contribution >= 4 is 5.97 Å². The average molecular weight is 385 g/mol. The minimum Gasteiger partial charge on any atom is -0.459 e. The Hall–Kier alpha value is -0.950. The molecule has 1 fully saturated rings. The van der Waals surface area contributed by atoms with Crippen molar-refractivity contribution in [2.45, 2.75) is 102 Å². The number of ether oxygens (including phenoxy) is 5. The summed E-state index contributed by atoms with van der Waals surface area (Å²) in [7, 11) is 1.60. The number of esters is 1. The molecule has 2 aliphatic heterocycles. The van der Waals surface area contributed by atoms with Gasteiger partial charge in [-0.2, -0.15) is 0 Å². The highest BCUT2D eigenvalue weighted by Crippen LogP contribution is 2.32. The van der Waals surface area contributed by atoms with Crippen LogP contribution in [0.5, 0.6) is 0 Å². The van der Waals surface area contributed by atoms with E-state index < -0.39 is 5.79 Å². The third-order valence-corrected chi connectivity index (χ3v) is 4.99. The molecule has 2 rings (SSSR count). The lowest BCUT2D eigenvalue weighted by atomic mass is 10.0. The van der Waals surface area contributed by atoms with Crippen LogP contribution in [0.3, 0.4) is 0 Å². The first-order chi connectivity index (χ1) is 12.9. The van der Waals surface area contributed by atoms with Crippen molar-refractivity contribution < 1.29 is 28.5 Å². The Balaban J connectivity index is 2.02. The number of carbonyl (C=O) groups is 1. The second-order valence-corrected chi connectivity index (χ2v) is 7.83. The first-order valence-corrected chi connectivity index (χ1v) is 10.3. The molecule has 4 atom stereocenters. The maximum atomic E-state index is 12.4. The molecule has 0 aromatic carbocycles. The Labute approximate surface area is 163 Å².